The van der Waals surface area contributed by atoms with E-state index in [1.807, 2.05) is 0 Å². The number of ether oxygens (including phenoxy) is 3. The molecule has 172 valence electrons. The van der Waals surface area contributed by atoms with Gasteiger partial charge < -0.3 is 23.9 Å². The molecule has 2 aromatic heterocycles. The quantitative estimate of drug-likeness (QED) is 0.639. The zero-order chi connectivity index (χ0) is 22.3. The van der Waals surface area contributed by atoms with Gasteiger partial charge in [0.25, 0.3) is 5.91 Å². The van der Waals surface area contributed by atoms with Crippen LogP contribution < -0.4 is 5.32 Å². The van der Waals surface area contributed by atoms with E-state index in [1.165, 1.54) is 10.7 Å². The van der Waals surface area contributed by atoms with Crippen LogP contribution in [0.1, 0.15) is 29.0 Å². The Labute approximate surface area is 180 Å². The van der Waals surface area contributed by atoms with E-state index >= 15 is 0 Å². The Morgan fingerprint density at radius 1 is 1.19 bits per heavy atom. The second-order valence-corrected chi connectivity index (χ2v) is 7.94. The fourth-order valence-electron chi connectivity index (χ4n) is 4.19. The van der Waals surface area contributed by atoms with Crippen molar-refractivity contribution in [3.63, 3.8) is 0 Å². The van der Waals surface area contributed by atoms with E-state index in [0.717, 1.165) is 12.8 Å². The molecule has 0 unspecified atom stereocenters. The van der Waals surface area contributed by atoms with Crippen molar-refractivity contribution in [2.45, 2.75) is 37.8 Å². The summed E-state index contributed by atoms with van der Waals surface area (Å²) < 4.78 is 65.6. The van der Waals surface area contributed by atoms with E-state index in [0.29, 0.717) is 38.4 Å². The summed E-state index contributed by atoms with van der Waals surface area (Å²) in [6.45, 7) is 2.41. The lowest BCUT2D eigenvalue weighted by atomic mass is 10.1. The van der Waals surface area contributed by atoms with Crippen molar-refractivity contribution in [3.05, 3.63) is 29.7 Å². The Hall–Kier alpha value is -2.63. The number of hydrogen-bond donors (Lipinski definition) is 1. The number of rotatable bonds is 5. The summed E-state index contributed by atoms with van der Waals surface area (Å²) in [5.41, 5.74) is -1.05. The van der Waals surface area contributed by atoms with Crippen LogP contribution in [0.2, 0.25) is 0 Å². The monoisotopic (exact) mass is 453 g/mol. The van der Waals surface area contributed by atoms with Gasteiger partial charge in [0.2, 0.25) is 5.76 Å². The van der Waals surface area contributed by atoms with Crippen LogP contribution >= 0.6 is 0 Å². The molecule has 0 aliphatic carbocycles. The Bertz CT molecular complexity index is 1130. The molecule has 0 bridgehead atoms. The lowest BCUT2D eigenvalue weighted by molar-refractivity contribution is -0.137. The molecule has 4 heterocycles. The number of halogens is 3. The summed E-state index contributed by atoms with van der Waals surface area (Å²) in [4.78, 5) is 12.6. The lowest BCUT2D eigenvalue weighted by Crippen LogP contribution is -2.32. The molecule has 32 heavy (non-hydrogen) atoms. The molecule has 0 radical (unpaired) electrons. The summed E-state index contributed by atoms with van der Waals surface area (Å²) >= 11 is 0. The highest BCUT2D eigenvalue weighted by atomic mass is 19.4. The predicted octanol–water partition coefficient (Wildman–Crippen LogP) is 3.13. The summed E-state index contributed by atoms with van der Waals surface area (Å²) in [7, 11) is 0. The third-order valence-electron chi connectivity index (χ3n) is 5.66. The second-order valence-electron chi connectivity index (χ2n) is 7.94. The minimum absolute atomic E-state index is 0.0467. The van der Waals surface area contributed by atoms with Gasteiger partial charge >= 0.3 is 6.18 Å². The molecule has 3 aromatic rings. The van der Waals surface area contributed by atoms with Crippen molar-refractivity contribution in [1.29, 1.82) is 0 Å². The van der Waals surface area contributed by atoms with Gasteiger partial charge in [-0.3, -0.25) is 9.48 Å². The van der Waals surface area contributed by atoms with Crippen molar-refractivity contribution in [3.8, 4) is 0 Å². The normalized spacial score (nSPS) is 22.1. The number of carbonyl (C=O) groups is 1. The van der Waals surface area contributed by atoms with Crippen LogP contribution in [0.25, 0.3) is 21.9 Å². The smallest absolute Gasteiger partial charge is 0.421 e. The highest BCUT2D eigenvalue weighted by molar-refractivity contribution is 6.09. The van der Waals surface area contributed by atoms with Crippen LogP contribution in [-0.4, -0.2) is 60.9 Å². The summed E-state index contributed by atoms with van der Waals surface area (Å²) in [6, 6.07) is 3.05. The van der Waals surface area contributed by atoms with Gasteiger partial charge in [-0.1, -0.05) is 0 Å². The number of fused-ring (bicyclic) bond motifs is 3. The molecule has 5 rings (SSSR count). The first-order valence-corrected chi connectivity index (χ1v) is 10.5. The van der Waals surface area contributed by atoms with Gasteiger partial charge in [0, 0.05) is 24.7 Å². The van der Waals surface area contributed by atoms with Gasteiger partial charge in [0.15, 0.2) is 0 Å². The molecule has 11 heteroatoms. The summed E-state index contributed by atoms with van der Waals surface area (Å²) in [5.74, 6) is -1.69. The number of furan rings is 1. The van der Waals surface area contributed by atoms with Crippen LogP contribution in [0.3, 0.4) is 0 Å². The number of alkyl halides is 3. The Kier molecular flexibility index (Phi) is 5.56. The molecule has 8 nitrogen and oxygen atoms in total. The van der Waals surface area contributed by atoms with Crippen LogP contribution in [0.5, 0.6) is 0 Å². The van der Waals surface area contributed by atoms with Crippen molar-refractivity contribution in [2.24, 2.45) is 0 Å². The first-order chi connectivity index (χ1) is 15.4. The van der Waals surface area contributed by atoms with Crippen LogP contribution in [0.15, 0.2) is 22.7 Å². The Balaban J connectivity index is 1.51. The fraction of sp³-hybridized carbons (Fsp3) is 0.524. The van der Waals surface area contributed by atoms with Gasteiger partial charge in [0.1, 0.15) is 22.8 Å². The summed E-state index contributed by atoms with van der Waals surface area (Å²) in [5, 5.41) is 7.15. The van der Waals surface area contributed by atoms with Crippen molar-refractivity contribution >= 4 is 27.8 Å². The molecule has 1 amide bonds. The van der Waals surface area contributed by atoms with Gasteiger partial charge in [-0.25, -0.2) is 0 Å². The second kappa shape index (κ2) is 8.38. The predicted molar refractivity (Wildman–Crippen MR) is 106 cm³/mol. The maximum atomic E-state index is 14.1. The standard InChI is InChI=1S/C21H22F3N3O5/c22-21(23,24)17-16-15(32-19(17)20(28)25-8-13-2-1-5-30-13)4-3-12-9-27(26-18(12)16)10-14-11-29-6-7-31-14/h3-4,9,13-14H,1-2,5-8,10-11H2,(H,25,28)/t13-,14-/m0/s1. The van der Waals surface area contributed by atoms with Crippen LogP contribution in [0.4, 0.5) is 13.2 Å². The molecule has 2 aliphatic rings. The molecule has 2 atom stereocenters. The maximum Gasteiger partial charge on any atom is 0.421 e. The lowest BCUT2D eigenvalue weighted by Gasteiger charge is -2.22. The molecule has 0 spiro atoms. The zero-order valence-electron chi connectivity index (χ0n) is 17.1. The maximum absolute atomic E-state index is 14.1. The van der Waals surface area contributed by atoms with Gasteiger partial charge in [-0.15, -0.1) is 0 Å². The van der Waals surface area contributed by atoms with E-state index in [9.17, 15) is 18.0 Å². The number of nitrogens with one attached hydrogen (secondary N) is 1. The highest BCUT2D eigenvalue weighted by Gasteiger charge is 2.42. The Morgan fingerprint density at radius 3 is 2.75 bits per heavy atom. The van der Waals surface area contributed by atoms with Gasteiger partial charge in [-0.2, -0.15) is 18.3 Å². The SMILES string of the molecule is O=C(NC[C@@H]1CCCO1)c1oc2ccc3cn(C[C@H]4COCCO4)nc3c2c1C(F)(F)F. The molecule has 2 fully saturated rings. The topological polar surface area (TPSA) is 87.8 Å². The number of nitrogens with zero attached hydrogens (tertiary/aromatic N) is 2. The Morgan fingerprint density at radius 2 is 2.03 bits per heavy atom. The fourth-order valence-corrected chi connectivity index (χ4v) is 4.19. The molecule has 1 N–H and O–H groups in total. The number of carbonyl (C=O) groups excluding carboxylic acids is 1. The zero-order valence-corrected chi connectivity index (χ0v) is 17.1. The molecule has 2 saturated heterocycles. The molecule has 2 aliphatic heterocycles. The molecular formula is C21H22F3N3O5. The number of aromatic nitrogens is 2. The largest absolute Gasteiger partial charge is 0.450 e. The third kappa shape index (κ3) is 4.07. The summed E-state index contributed by atoms with van der Waals surface area (Å²) in [6.07, 6.45) is -1.99. The average molecular weight is 453 g/mol. The van der Waals surface area contributed by atoms with Crippen LogP contribution in [-0.2, 0) is 26.9 Å². The molecule has 0 saturated carbocycles. The van der Waals surface area contributed by atoms with E-state index in [4.69, 9.17) is 18.6 Å². The minimum atomic E-state index is -4.81. The number of amides is 1. The molecular weight excluding hydrogens is 431 g/mol. The van der Waals surface area contributed by atoms with Gasteiger partial charge in [0.05, 0.1) is 37.9 Å². The molecule has 1 aromatic carbocycles. The van der Waals surface area contributed by atoms with E-state index < -0.39 is 23.4 Å². The third-order valence-corrected chi connectivity index (χ3v) is 5.66. The van der Waals surface area contributed by atoms with E-state index in [-0.39, 0.29) is 35.2 Å². The van der Waals surface area contributed by atoms with Crippen molar-refractivity contribution in [2.75, 3.05) is 33.0 Å². The van der Waals surface area contributed by atoms with E-state index in [1.54, 1.807) is 12.3 Å². The first-order valence-electron chi connectivity index (χ1n) is 10.5. The first kappa shape index (κ1) is 21.2. The minimum Gasteiger partial charge on any atom is -0.450 e. The highest BCUT2D eigenvalue weighted by Crippen LogP contribution is 2.42. The number of hydrogen-bond acceptors (Lipinski definition) is 6. The van der Waals surface area contributed by atoms with Crippen LogP contribution in [0, 0.1) is 0 Å². The average Bonchev–Trinajstić information content (AvgIpc) is 3.49. The van der Waals surface area contributed by atoms with E-state index in [2.05, 4.69) is 10.4 Å². The number of benzene rings is 1. The van der Waals surface area contributed by atoms with Crippen molar-refractivity contribution in [1.82, 2.24) is 15.1 Å². The van der Waals surface area contributed by atoms with Crippen molar-refractivity contribution < 1.29 is 36.6 Å². The van der Waals surface area contributed by atoms with Gasteiger partial charge in [-0.05, 0) is 25.0 Å².